The lowest BCUT2D eigenvalue weighted by Gasteiger charge is -2.36. The van der Waals surface area contributed by atoms with Gasteiger partial charge in [-0.25, -0.2) is 0 Å². The van der Waals surface area contributed by atoms with Gasteiger partial charge in [0.25, 0.3) is 0 Å². The van der Waals surface area contributed by atoms with Crippen LogP contribution in [0.15, 0.2) is 48.8 Å². The summed E-state index contributed by atoms with van der Waals surface area (Å²) in [7, 11) is 0. The number of rotatable bonds is 7. The number of pyridine rings is 1. The summed E-state index contributed by atoms with van der Waals surface area (Å²) in [5.74, 6) is -0.694. The van der Waals surface area contributed by atoms with Gasteiger partial charge in [0.1, 0.15) is 0 Å². The van der Waals surface area contributed by atoms with Crippen LogP contribution in [0.1, 0.15) is 29.5 Å². The van der Waals surface area contributed by atoms with Crippen LogP contribution in [0.5, 0.6) is 0 Å². The summed E-state index contributed by atoms with van der Waals surface area (Å²) in [6, 6.07) is 11.1. The van der Waals surface area contributed by atoms with Gasteiger partial charge < -0.3 is 10.0 Å². The number of benzene rings is 1. The summed E-state index contributed by atoms with van der Waals surface area (Å²) in [5, 5.41) is 9.15. The van der Waals surface area contributed by atoms with Crippen molar-refractivity contribution in [2.45, 2.75) is 31.7 Å². The van der Waals surface area contributed by atoms with E-state index >= 15 is 0 Å². The van der Waals surface area contributed by atoms with Crippen molar-refractivity contribution in [3.63, 3.8) is 0 Å². The molecule has 1 atom stereocenters. The van der Waals surface area contributed by atoms with E-state index in [1.54, 1.807) is 29.4 Å². The number of carbonyl (C=O) groups excluding carboxylic acids is 3. The Hall–Kier alpha value is -3.10. The first-order chi connectivity index (χ1) is 15.9. The first kappa shape index (κ1) is 23.1. The van der Waals surface area contributed by atoms with Crippen LogP contribution in [0.3, 0.4) is 0 Å². The highest BCUT2D eigenvalue weighted by Crippen LogP contribution is 2.42. The molecule has 2 fully saturated rings. The number of aromatic nitrogens is 1. The minimum Gasteiger partial charge on any atom is -0.395 e. The van der Waals surface area contributed by atoms with Crippen LogP contribution in [-0.2, 0) is 26.3 Å². The lowest BCUT2D eigenvalue weighted by Crippen LogP contribution is -2.51. The summed E-state index contributed by atoms with van der Waals surface area (Å²) in [4.78, 5) is 49.5. The molecule has 2 saturated heterocycles. The Morgan fingerprint density at radius 2 is 1.76 bits per heavy atom. The normalized spacial score (nSPS) is 21.6. The molecule has 2 aliphatic rings. The van der Waals surface area contributed by atoms with E-state index in [2.05, 4.69) is 9.88 Å². The zero-order valence-corrected chi connectivity index (χ0v) is 18.9. The quantitative estimate of drug-likeness (QED) is 0.636. The predicted octanol–water partition coefficient (Wildman–Crippen LogP) is 1.11. The molecular weight excluding hydrogens is 420 g/mol. The van der Waals surface area contributed by atoms with E-state index in [4.69, 9.17) is 5.11 Å². The number of hydrogen-bond acceptors (Lipinski definition) is 6. The molecule has 0 aliphatic carbocycles. The molecule has 0 bridgehead atoms. The minimum absolute atomic E-state index is 0.0159. The molecule has 0 unspecified atom stereocenters. The molecule has 8 nitrogen and oxygen atoms in total. The molecule has 2 aromatic rings. The Labute approximate surface area is 193 Å². The third-order valence-electron chi connectivity index (χ3n) is 6.75. The largest absolute Gasteiger partial charge is 0.395 e. The van der Waals surface area contributed by atoms with Crippen LogP contribution < -0.4 is 0 Å². The molecule has 1 aromatic heterocycles. The van der Waals surface area contributed by atoms with Crippen LogP contribution in [0, 0.1) is 6.92 Å². The number of imide groups is 1. The second kappa shape index (κ2) is 9.80. The average molecular weight is 451 g/mol. The smallest absolute Gasteiger partial charge is 0.241 e. The Balaban J connectivity index is 1.61. The van der Waals surface area contributed by atoms with Crippen LogP contribution in [-0.4, -0.2) is 81.8 Å². The van der Waals surface area contributed by atoms with Gasteiger partial charge in [0.2, 0.25) is 17.7 Å². The number of aryl methyl sites for hydroxylation is 1. The van der Waals surface area contributed by atoms with Crippen molar-refractivity contribution < 1.29 is 19.5 Å². The Morgan fingerprint density at radius 3 is 2.42 bits per heavy atom. The van der Waals surface area contributed by atoms with E-state index in [1.807, 2.05) is 31.2 Å². The van der Waals surface area contributed by atoms with Gasteiger partial charge in [-0.05, 0) is 35.7 Å². The third-order valence-corrected chi connectivity index (χ3v) is 6.75. The first-order valence-electron chi connectivity index (χ1n) is 11.4. The molecule has 8 heteroatoms. The van der Waals surface area contributed by atoms with Crippen LogP contribution in [0.25, 0.3) is 0 Å². The number of likely N-dealkylation sites (tertiary alicyclic amines) is 1. The van der Waals surface area contributed by atoms with E-state index < -0.39 is 5.41 Å². The molecule has 3 amide bonds. The minimum atomic E-state index is -1.20. The van der Waals surface area contributed by atoms with Crippen molar-refractivity contribution in [3.8, 4) is 0 Å². The number of amides is 3. The van der Waals surface area contributed by atoms with Gasteiger partial charge in [-0.15, -0.1) is 0 Å². The van der Waals surface area contributed by atoms with Gasteiger partial charge in [-0.2, -0.15) is 0 Å². The third kappa shape index (κ3) is 4.67. The fourth-order valence-electron chi connectivity index (χ4n) is 4.92. The second-order valence-corrected chi connectivity index (χ2v) is 8.84. The number of aliphatic hydroxyl groups is 1. The number of carbonyl (C=O) groups is 3. The maximum Gasteiger partial charge on any atom is 0.241 e. The number of piperazine rings is 1. The van der Waals surface area contributed by atoms with Gasteiger partial charge >= 0.3 is 0 Å². The number of β-amino-alcohol motifs (C(OH)–C–C–N with tert-alkyl or cyclic N) is 1. The molecule has 0 saturated carbocycles. The molecule has 4 rings (SSSR count). The van der Waals surface area contributed by atoms with E-state index in [0.29, 0.717) is 32.7 Å². The molecule has 1 aromatic carbocycles. The van der Waals surface area contributed by atoms with Gasteiger partial charge in [0.15, 0.2) is 0 Å². The monoisotopic (exact) mass is 450 g/mol. The fourth-order valence-corrected chi connectivity index (χ4v) is 4.92. The number of nitrogens with zero attached hydrogens (tertiary/aromatic N) is 4. The van der Waals surface area contributed by atoms with Crippen LogP contribution in [0.2, 0.25) is 0 Å². The van der Waals surface area contributed by atoms with Crippen molar-refractivity contribution in [3.05, 3.63) is 65.5 Å². The zero-order valence-electron chi connectivity index (χ0n) is 18.9. The fraction of sp³-hybridized carbons (Fsp3) is 0.440. The average Bonchev–Trinajstić information content (AvgIpc) is 3.05. The Kier molecular flexibility index (Phi) is 6.85. The lowest BCUT2D eigenvalue weighted by atomic mass is 9.74. The number of aliphatic hydroxyl groups excluding tert-OH is 1. The van der Waals surface area contributed by atoms with Crippen molar-refractivity contribution in [2.75, 3.05) is 39.3 Å². The molecular formula is C25H30N4O4. The van der Waals surface area contributed by atoms with E-state index in [0.717, 1.165) is 16.7 Å². The van der Waals surface area contributed by atoms with E-state index in [-0.39, 0.29) is 43.7 Å². The van der Waals surface area contributed by atoms with Crippen molar-refractivity contribution in [1.82, 2.24) is 19.7 Å². The van der Waals surface area contributed by atoms with Gasteiger partial charge in [-0.1, -0.05) is 24.3 Å². The van der Waals surface area contributed by atoms with Crippen molar-refractivity contribution in [2.24, 2.45) is 0 Å². The summed E-state index contributed by atoms with van der Waals surface area (Å²) in [5.41, 5.74) is 1.26. The molecule has 2 aliphatic heterocycles. The lowest BCUT2D eigenvalue weighted by molar-refractivity contribution is -0.143. The molecule has 174 valence electrons. The molecule has 0 radical (unpaired) electrons. The summed E-state index contributed by atoms with van der Waals surface area (Å²) in [6.45, 7) is 5.23. The molecule has 3 heterocycles. The van der Waals surface area contributed by atoms with Gasteiger partial charge in [0, 0.05) is 58.0 Å². The molecule has 1 N–H and O–H groups in total. The van der Waals surface area contributed by atoms with Crippen molar-refractivity contribution >= 4 is 17.7 Å². The van der Waals surface area contributed by atoms with Crippen LogP contribution in [0.4, 0.5) is 0 Å². The maximum absolute atomic E-state index is 13.8. The summed E-state index contributed by atoms with van der Waals surface area (Å²) in [6.07, 6.45) is 3.22. The highest BCUT2D eigenvalue weighted by Gasteiger charge is 2.54. The Bertz CT molecular complexity index is 1020. The standard InChI is InChI=1S/C25H30N4O4/c1-19-4-2-3-5-21(19)25(16-22(31)28-12-10-27(11-13-28)14-15-30)17-23(32)29(24(25)33)18-20-6-8-26-9-7-20/h2-9,30H,10-18H2,1H3/t25-/m1/s1. The van der Waals surface area contributed by atoms with E-state index in [1.165, 1.54) is 4.90 Å². The zero-order chi connectivity index (χ0) is 23.4. The topological polar surface area (TPSA) is 94.1 Å². The maximum atomic E-state index is 13.8. The van der Waals surface area contributed by atoms with Gasteiger partial charge in [-0.3, -0.25) is 29.2 Å². The SMILES string of the molecule is Cc1ccccc1[C@@]1(CC(=O)N2CCN(CCO)CC2)CC(=O)N(Cc2ccncc2)C1=O. The highest BCUT2D eigenvalue weighted by molar-refractivity contribution is 6.10. The second-order valence-electron chi connectivity index (χ2n) is 8.84. The van der Waals surface area contributed by atoms with Crippen LogP contribution >= 0.6 is 0 Å². The first-order valence-corrected chi connectivity index (χ1v) is 11.4. The number of hydrogen-bond donors (Lipinski definition) is 1. The van der Waals surface area contributed by atoms with Crippen molar-refractivity contribution in [1.29, 1.82) is 0 Å². The summed E-state index contributed by atoms with van der Waals surface area (Å²) >= 11 is 0. The summed E-state index contributed by atoms with van der Waals surface area (Å²) < 4.78 is 0. The highest BCUT2D eigenvalue weighted by atomic mass is 16.3. The Morgan fingerprint density at radius 1 is 1.06 bits per heavy atom. The predicted molar refractivity (Wildman–Crippen MR) is 122 cm³/mol. The van der Waals surface area contributed by atoms with E-state index in [9.17, 15) is 14.4 Å². The molecule has 0 spiro atoms. The van der Waals surface area contributed by atoms with Gasteiger partial charge in [0.05, 0.1) is 18.6 Å². The molecule has 33 heavy (non-hydrogen) atoms.